The minimum absolute atomic E-state index is 0.0760. The summed E-state index contributed by atoms with van der Waals surface area (Å²) in [6.45, 7) is 3.09. The van der Waals surface area contributed by atoms with Gasteiger partial charge in [0.05, 0.1) is 5.56 Å². The van der Waals surface area contributed by atoms with E-state index in [2.05, 4.69) is 10.3 Å². The maximum Gasteiger partial charge on any atom is 0.256 e. The monoisotopic (exact) mass is 311 g/mol. The van der Waals surface area contributed by atoms with E-state index in [9.17, 15) is 9.59 Å². The van der Waals surface area contributed by atoms with Crippen molar-refractivity contribution in [3.05, 3.63) is 59.4 Å². The number of aryl methyl sites for hydroxylation is 1. The van der Waals surface area contributed by atoms with Crippen LogP contribution < -0.4 is 5.32 Å². The molecule has 0 radical (unpaired) electrons. The first kappa shape index (κ1) is 15.3. The molecule has 0 saturated carbocycles. The van der Waals surface area contributed by atoms with Gasteiger partial charge in [-0.1, -0.05) is 30.3 Å². The molecule has 2 aromatic rings. The number of rotatable bonds is 3. The molecule has 1 aliphatic rings. The lowest BCUT2D eigenvalue weighted by Gasteiger charge is -2.28. The number of aromatic nitrogens is 1. The van der Waals surface area contributed by atoms with Crippen LogP contribution in [0.2, 0.25) is 0 Å². The van der Waals surface area contributed by atoms with E-state index in [0.29, 0.717) is 25.1 Å². The van der Waals surface area contributed by atoms with Gasteiger partial charge in [-0.2, -0.15) is 0 Å². The minimum Gasteiger partial charge on any atom is -0.367 e. The zero-order valence-corrected chi connectivity index (χ0v) is 13.2. The largest absolute Gasteiger partial charge is 0.367 e. The third-order valence-electron chi connectivity index (χ3n) is 4.27. The van der Waals surface area contributed by atoms with Crippen LogP contribution in [0.4, 0.5) is 0 Å². The molecule has 0 unspecified atom stereocenters. The van der Waals surface area contributed by atoms with Crippen LogP contribution in [0.3, 0.4) is 0 Å². The number of carbonyl (C=O) groups excluding carboxylic acids is 2. The zero-order chi connectivity index (χ0) is 16.2. The molecule has 1 fully saturated rings. The molecule has 120 valence electrons. The highest BCUT2D eigenvalue weighted by Gasteiger charge is 2.32. The summed E-state index contributed by atoms with van der Waals surface area (Å²) >= 11 is 0. The second kappa shape index (κ2) is 6.69. The van der Waals surface area contributed by atoms with Gasteiger partial charge in [-0.05, 0) is 24.5 Å². The summed E-state index contributed by atoms with van der Waals surface area (Å²) < 4.78 is 0. The highest BCUT2D eigenvalue weighted by molar-refractivity contribution is 5.98. The first-order chi connectivity index (χ1) is 11.2. The number of amides is 2. The summed E-state index contributed by atoms with van der Waals surface area (Å²) in [5.41, 5.74) is 2.59. The quantitative estimate of drug-likeness (QED) is 0.909. The van der Waals surface area contributed by atoms with Gasteiger partial charge in [-0.15, -0.1) is 0 Å². The fourth-order valence-electron chi connectivity index (χ4n) is 2.99. The fourth-order valence-corrected chi connectivity index (χ4v) is 2.99. The maximum absolute atomic E-state index is 12.9. The van der Waals surface area contributed by atoms with Crippen LogP contribution in [0.25, 0.3) is 0 Å². The Balaban J connectivity index is 1.89. The predicted molar refractivity (Wildman–Crippen MR) is 88.1 cm³/mol. The van der Waals surface area contributed by atoms with Crippen molar-refractivity contribution in [2.75, 3.05) is 13.1 Å². The highest BCUT2D eigenvalue weighted by atomic mass is 16.2. The van der Waals surface area contributed by atoms with Crippen LogP contribution in [-0.4, -0.2) is 40.8 Å². The molecule has 1 aliphatic heterocycles. The summed E-state index contributed by atoms with van der Waals surface area (Å²) in [5.74, 6) is -0.158. The van der Waals surface area contributed by atoms with Crippen molar-refractivity contribution < 1.29 is 9.59 Å². The Morgan fingerprint density at radius 2 is 2.04 bits per heavy atom. The number of nitrogens with zero attached hydrogens (tertiary/aromatic N) is 1. The number of H-pyrrole nitrogens is 1. The van der Waals surface area contributed by atoms with Gasteiger partial charge in [0.1, 0.15) is 6.04 Å². The molecule has 1 atom stereocenters. The van der Waals surface area contributed by atoms with Gasteiger partial charge in [0, 0.05) is 31.9 Å². The summed E-state index contributed by atoms with van der Waals surface area (Å²) in [7, 11) is 0. The van der Waals surface area contributed by atoms with Crippen LogP contribution in [0, 0.1) is 6.92 Å². The van der Waals surface area contributed by atoms with Gasteiger partial charge in [0.2, 0.25) is 5.91 Å². The van der Waals surface area contributed by atoms with Gasteiger partial charge in [-0.3, -0.25) is 9.59 Å². The van der Waals surface area contributed by atoms with Crippen molar-refractivity contribution in [2.24, 2.45) is 0 Å². The van der Waals surface area contributed by atoms with Gasteiger partial charge in [0.15, 0.2) is 0 Å². The zero-order valence-electron chi connectivity index (χ0n) is 13.2. The lowest BCUT2D eigenvalue weighted by atomic mass is 10.0. The van der Waals surface area contributed by atoms with Gasteiger partial charge in [-0.25, -0.2) is 0 Å². The number of hydrogen-bond acceptors (Lipinski definition) is 2. The van der Waals surface area contributed by atoms with E-state index in [0.717, 1.165) is 17.5 Å². The average Bonchev–Trinajstić information content (AvgIpc) is 2.91. The van der Waals surface area contributed by atoms with Crippen LogP contribution in [0.1, 0.15) is 27.9 Å². The van der Waals surface area contributed by atoms with E-state index in [4.69, 9.17) is 0 Å². The van der Waals surface area contributed by atoms with Crippen molar-refractivity contribution >= 4 is 11.8 Å². The van der Waals surface area contributed by atoms with Gasteiger partial charge < -0.3 is 15.2 Å². The fraction of sp³-hybridized carbons (Fsp3) is 0.333. The number of nitrogens with one attached hydrogen (secondary N) is 2. The third-order valence-corrected chi connectivity index (χ3v) is 4.27. The first-order valence-corrected chi connectivity index (χ1v) is 7.93. The Morgan fingerprint density at radius 3 is 2.74 bits per heavy atom. The summed E-state index contributed by atoms with van der Waals surface area (Å²) in [5, 5.41) is 2.92. The normalized spacial score (nSPS) is 18.4. The molecular weight excluding hydrogens is 290 g/mol. The number of aromatic amines is 1. The second-order valence-electron chi connectivity index (χ2n) is 5.90. The molecule has 0 spiro atoms. The number of carbonyl (C=O) groups is 2. The number of hydrogen-bond donors (Lipinski definition) is 2. The van der Waals surface area contributed by atoms with E-state index in [-0.39, 0.29) is 11.8 Å². The lowest BCUT2D eigenvalue weighted by molar-refractivity contribution is -0.124. The molecule has 1 saturated heterocycles. The standard InChI is InChI=1S/C18H21N3O2/c1-13-11-19-12-15(13)18(23)21-9-5-8-20-17(22)16(21)10-14-6-3-2-4-7-14/h2-4,6-7,11-12,16,19H,5,8-10H2,1H3,(H,20,22)/t16-/m1/s1. The van der Waals surface area contributed by atoms with Crippen LogP contribution in [0.15, 0.2) is 42.7 Å². The van der Waals surface area contributed by atoms with E-state index in [1.807, 2.05) is 37.3 Å². The lowest BCUT2D eigenvalue weighted by Crippen LogP contribution is -2.48. The molecule has 5 nitrogen and oxygen atoms in total. The molecule has 2 N–H and O–H groups in total. The molecule has 0 aliphatic carbocycles. The SMILES string of the molecule is Cc1c[nH]cc1C(=O)N1CCCNC(=O)[C@H]1Cc1ccccc1. The third kappa shape index (κ3) is 3.28. The van der Waals surface area contributed by atoms with E-state index >= 15 is 0 Å². The molecule has 5 heteroatoms. The average molecular weight is 311 g/mol. The summed E-state index contributed by atoms with van der Waals surface area (Å²) in [6.07, 6.45) is 4.81. The topological polar surface area (TPSA) is 65.2 Å². The highest BCUT2D eigenvalue weighted by Crippen LogP contribution is 2.17. The Labute approximate surface area is 135 Å². The molecule has 2 amide bonds. The van der Waals surface area contributed by atoms with E-state index in [1.54, 1.807) is 17.3 Å². The van der Waals surface area contributed by atoms with Crippen molar-refractivity contribution in [1.29, 1.82) is 0 Å². The van der Waals surface area contributed by atoms with Crippen LogP contribution >= 0.6 is 0 Å². The van der Waals surface area contributed by atoms with Gasteiger partial charge in [0.25, 0.3) is 5.91 Å². The van der Waals surface area contributed by atoms with Crippen LogP contribution in [0.5, 0.6) is 0 Å². The molecular formula is C18H21N3O2. The van der Waals surface area contributed by atoms with E-state index in [1.165, 1.54) is 0 Å². The number of benzene rings is 1. The Kier molecular flexibility index (Phi) is 4.46. The smallest absolute Gasteiger partial charge is 0.256 e. The Morgan fingerprint density at radius 1 is 1.26 bits per heavy atom. The van der Waals surface area contributed by atoms with Crippen LogP contribution in [-0.2, 0) is 11.2 Å². The molecule has 23 heavy (non-hydrogen) atoms. The molecule has 2 heterocycles. The molecule has 3 rings (SSSR count). The minimum atomic E-state index is -0.471. The second-order valence-corrected chi connectivity index (χ2v) is 5.90. The molecule has 1 aromatic carbocycles. The van der Waals surface area contributed by atoms with Gasteiger partial charge >= 0.3 is 0 Å². The Hall–Kier alpha value is -2.56. The predicted octanol–water partition coefficient (Wildman–Crippen LogP) is 1.90. The summed E-state index contributed by atoms with van der Waals surface area (Å²) in [4.78, 5) is 30.1. The van der Waals surface area contributed by atoms with Crippen molar-refractivity contribution in [2.45, 2.75) is 25.8 Å². The van der Waals surface area contributed by atoms with Crippen molar-refractivity contribution in [3.8, 4) is 0 Å². The molecule has 1 aromatic heterocycles. The van der Waals surface area contributed by atoms with E-state index < -0.39 is 6.04 Å². The Bertz CT molecular complexity index is 693. The summed E-state index contributed by atoms with van der Waals surface area (Å²) in [6, 6.07) is 9.36. The van der Waals surface area contributed by atoms with Crippen molar-refractivity contribution in [3.63, 3.8) is 0 Å². The maximum atomic E-state index is 12.9. The van der Waals surface area contributed by atoms with Crippen molar-refractivity contribution in [1.82, 2.24) is 15.2 Å². The first-order valence-electron chi connectivity index (χ1n) is 7.93. The molecule has 0 bridgehead atoms.